The largest absolute Gasteiger partial charge is 0.383 e. The third-order valence-electron chi connectivity index (χ3n) is 1.81. The van der Waals surface area contributed by atoms with E-state index >= 15 is 0 Å². The van der Waals surface area contributed by atoms with Crippen molar-refractivity contribution in [3.8, 4) is 0 Å². The van der Waals surface area contributed by atoms with Crippen LogP contribution in [0.3, 0.4) is 0 Å². The Bertz CT molecular complexity index is 344. The molecule has 0 fully saturated rings. The number of aromatic nitrogens is 1. The van der Waals surface area contributed by atoms with E-state index in [1.165, 1.54) is 0 Å². The molecule has 1 rings (SSSR count). The van der Waals surface area contributed by atoms with Crippen LogP contribution in [0.1, 0.15) is 17.3 Å². The van der Waals surface area contributed by atoms with E-state index < -0.39 is 0 Å². The molecular formula is C10H13BrN2O2. The van der Waals surface area contributed by atoms with E-state index in [1.807, 2.05) is 6.92 Å². The minimum absolute atomic E-state index is 0.0115. The van der Waals surface area contributed by atoms with Gasteiger partial charge in [-0.2, -0.15) is 0 Å². The minimum Gasteiger partial charge on any atom is -0.383 e. The van der Waals surface area contributed by atoms with Crippen molar-refractivity contribution in [3.05, 3.63) is 28.5 Å². The molecule has 0 saturated carbocycles. The number of hydrogen-bond acceptors (Lipinski definition) is 3. The predicted molar refractivity (Wildman–Crippen MR) is 60.7 cm³/mol. The zero-order valence-corrected chi connectivity index (χ0v) is 10.2. The van der Waals surface area contributed by atoms with Crippen molar-refractivity contribution in [2.75, 3.05) is 13.7 Å². The molecular weight excluding hydrogens is 260 g/mol. The number of carbonyl (C=O) groups excluding carboxylic acids is 1. The number of amides is 1. The van der Waals surface area contributed by atoms with Crippen molar-refractivity contribution in [3.63, 3.8) is 0 Å². The number of rotatable bonds is 4. The van der Waals surface area contributed by atoms with Gasteiger partial charge in [0.05, 0.1) is 12.2 Å². The molecule has 0 radical (unpaired) electrons. The van der Waals surface area contributed by atoms with Crippen molar-refractivity contribution < 1.29 is 9.53 Å². The van der Waals surface area contributed by atoms with Crippen LogP contribution in [0.15, 0.2) is 22.9 Å². The van der Waals surface area contributed by atoms with Crippen molar-refractivity contribution in [2.24, 2.45) is 0 Å². The number of nitrogens with one attached hydrogen (secondary N) is 1. The zero-order valence-electron chi connectivity index (χ0n) is 8.66. The quantitative estimate of drug-likeness (QED) is 0.906. The molecule has 1 aromatic heterocycles. The Morgan fingerprint density at radius 2 is 2.47 bits per heavy atom. The van der Waals surface area contributed by atoms with Gasteiger partial charge in [0.25, 0.3) is 5.91 Å². The Hall–Kier alpha value is -0.940. The fraction of sp³-hybridized carbons (Fsp3) is 0.400. The maximum Gasteiger partial charge on any atom is 0.252 e. The summed E-state index contributed by atoms with van der Waals surface area (Å²) in [6.45, 7) is 2.38. The van der Waals surface area contributed by atoms with Gasteiger partial charge in [-0.15, -0.1) is 0 Å². The summed E-state index contributed by atoms with van der Waals surface area (Å²) >= 11 is 3.27. The second kappa shape index (κ2) is 5.82. The first-order valence-corrected chi connectivity index (χ1v) is 5.33. The molecule has 0 spiro atoms. The Morgan fingerprint density at radius 3 is 3.07 bits per heavy atom. The maximum absolute atomic E-state index is 11.7. The van der Waals surface area contributed by atoms with Gasteiger partial charge in [0.2, 0.25) is 0 Å². The molecule has 1 unspecified atom stereocenters. The van der Waals surface area contributed by atoms with Crippen LogP contribution in [0.5, 0.6) is 0 Å². The van der Waals surface area contributed by atoms with Crippen molar-refractivity contribution >= 4 is 21.8 Å². The fourth-order valence-corrected chi connectivity index (χ4v) is 1.58. The van der Waals surface area contributed by atoms with Crippen LogP contribution in [0.2, 0.25) is 0 Å². The first kappa shape index (κ1) is 12.1. The molecule has 1 heterocycles. The predicted octanol–water partition coefficient (Wildman–Crippen LogP) is 1.61. The minimum atomic E-state index is -0.131. The Balaban J connectivity index is 2.65. The normalized spacial score (nSPS) is 12.2. The van der Waals surface area contributed by atoms with Crippen LogP contribution in [0.4, 0.5) is 0 Å². The van der Waals surface area contributed by atoms with Crippen LogP contribution < -0.4 is 5.32 Å². The highest BCUT2D eigenvalue weighted by atomic mass is 79.9. The molecule has 0 aliphatic rings. The maximum atomic E-state index is 11.7. The summed E-state index contributed by atoms with van der Waals surface area (Å²) in [4.78, 5) is 15.6. The summed E-state index contributed by atoms with van der Waals surface area (Å²) in [5, 5.41) is 2.82. The van der Waals surface area contributed by atoms with Gasteiger partial charge in [-0.1, -0.05) is 0 Å². The van der Waals surface area contributed by atoms with Crippen LogP contribution in [0, 0.1) is 0 Å². The molecule has 82 valence electrons. The van der Waals surface area contributed by atoms with Gasteiger partial charge in [0.15, 0.2) is 0 Å². The smallest absolute Gasteiger partial charge is 0.252 e. The van der Waals surface area contributed by atoms with Crippen molar-refractivity contribution in [1.82, 2.24) is 10.3 Å². The lowest BCUT2D eigenvalue weighted by atomic mass is 10.2. The standard InChI is InChI=1S/C10H13BrN2O2/c1-7(6-15-2)13-10(14)8-3-4-12-5-9(8)11/h3-5,7H,6H2,1-2H3,(H,13,14). The van der Waals surface area contributed by atoms with Crippen LogP contribution >= 0.6 is 15.9 Å². The van der Waals surface area contributed by atoms with E-state index in [0.29, 0.717) is 16.6 Å². The second-order valence-corrected chi connectivity index (χ2v) is 4.04. The molecule has 0 bridgehead atoms. The molecule has 0 aromatic carbocycles. The van der Waals surface area contributed by atoms with Crippen LogP contribution in [-0.4, -0.2) is 30.6 Å². The lowest BCUT2D eigenvalue weighted by Gasteiger charge is -2.13. The van der Waals surface area contributed by atoms with Crippen molar-refractivity contribution in [1.29, 1.82) is 0 Å². The van der Waals surface area contributed by atoms with Gasteiger partial charge in [0, 0.05) is 30.0 Å². The van der Waals surface area contributed by atoms with E-state index in [2.05, 4.69) is 26.2 Å². The molecule has 0 aliphatic heterocycles. The number of ether oxygens (including phenoxy) is 1. The molecule has 1 aromatic rings. The van der Waals surface area contributed by atoms with Gasteiger partial charge in [-0.25, -0.2) is 0 Å². The number of carbonyl (C=O) groups is 1. The summed E-state index contributed by atoms with van der Waals surface area (Å²) in [7, 11) is 1.60. The lowest BCUT2D eigenvalue weighted by molar-refractivity contribution is 0.0904. The topological polar surface area (TPSA) is 51.2 Å². The molecule has 4 nitrogen and oxygen atoms in total. The monoisotopic (exact) mass is 272 g/mol. The lowest BCUT2D eigenvalue weighted by Crippen LogP contribution is -2.35. The third kappa shape index (κ3) is 3.60. The first-order valence-electron chi connectivity index (χ1n) is 4.54. The molecule has 1 amide bonds. The van der Waals surface area contributed by atoms with Gasteiger partial charge in [-0.3, -0.25) is 9.78 Å². The molecule has 0 aliphatic carbocycles. The van der Waals surface area contributed by atoms with Gasteiger partial charge in [0.1, 0.15) is 0 Å². The first-order chi connectivity index (χ1) is 7.15. The van der Waals surface area contributed by atoms with E-state index in [-0.39, 0.29) is 11.9 Å². The summed E-state index contributed by atoms with van der Waals surface area (Å²) < 4.78 is 5.62. The number of pyridine rings is 1. The summed E-state index contributed by atoms with van der Waals surface area (Å²) in [5.74, 6) is -0.131. The summed E-state index contributed by atoms with van der Waals surface area (Å²) in [5.41, 5.74) is 0.577. The molecule has 0 saturated heterocycles. The molecule has 15 heavy (non-hydrogen) atoms. The zero-order chi connectivity index (χ0) is 11.3. The van der Waals surface area contributed by atoms with E-state index in [9.17, 15) is 4.79 Å². The second-order valence-electron chi connectivity index (χ2n) is 3.19. The third-order valence-corrected chi connectivity index (χ3v) is 2.44. The van der Waals surface area contributed by atoms with Gasteiger partial charge < -0.3 is 10.1 Å². The highest BCUT2D eigenvalue weighted by Crippen LogP contribution is 2.14. The Labute approximate surface area is 97.2 Å². The highest BCUT2D eigenvalue weighted by molar-refractivity contribution is 9.10. The number of nitrogens with zero attached hydrogens (tertiary/aromatic N) is 1. The SMILES string of the molecule is COCC(C)NC(=O)c1ccncc1Br. The van der Waals surface area contributed by atoms with E-state index in [4.69, 9.17) is 4.74 Å². The molecule has 1 N–H and O–H groups in total. The molecule has 1 atom stereocenters. The molecule has 5 heteroatoms. The number of methoxy groups -OCH3 is 1. The van der Waals surface area contributed by atoms with E-state index in [1.54, 1.807) is 25.6 Å². The van der Waals surface area contributed by atoms with E-state index in [0.717, 1.165) is 0 Å². The average Bonchev–Trinajstić information content (AvgIpc) is 2.18. The summed E-state index contributed by atoms with van der Waals surface area (Å²) in [6.07, 6.45) is 3.18. The number of halogens is 1. The fourth-order valence-electron chi connectivity index (χ4n) is 1.15. The summed E-state index contributed by atoms with van der Waals surface area (Å²) in [6, 6.07) is 1.65. The Kier molecular flexibility index (Phi) is 4.71. The van der Waals surface area contributed by atoms with Gasteiger partial charge in [-0.05, 0) is 28.9 Å². The Morgan fingerprint density at radius 1 is 1.73 bits per heavy atom. The number of hydrogen-bond donors (Lipinski definition) is 1. The average molecular weight is 273 g/mol. The van der Waals surface area contributed by atoms with Crippen LogP contribution in [0.25, 0.3) is 0 Å². The highest BCUT2D eigenvalue weighted by Gasteiger charge is 2.11. The van der Waals surface area contributed by atoms with Crippen LogP contribution in [-0.2, 0) is 4.74 Å². The van der Waals surface area contributed by atoms with Gasteiger partial charge >= 0.3 is 0 Å². The van der Waals surface area contributed by atoms with Crippen molar-refractivity contribution in [2.45, 2.75) is 13.0 Å².